The summed E-state index contributed by atoms with van der Waals surface area (Å²) in [5, 5.41) is 19.1. The largest absolute Gasteiger partial charge is 0.394 e. The number of hydrogen-bond acceptors (Lipinski definition) is 3. The smallest absolute Gasteiger partial charge is 0.389 e. The van der Waals surface area contributed by atoms with Crippen molar-refractivity contribution in [2.24, 2.45) is 0 Å². The number of carbonyl (C=O) groups excluding carboxylic acids is 1. The van der Waals surface area contributed by atoms with E-state index in [9.17, 15) is 18.0 Å². The summed E-state index contributed by atoms with van der Waals surface area (Å²) in [5.74, 6) is -0.838. The minimum atomic E-state index is -4.37. The number of carbonyl (C=O) groups is 1. The molecule has 4 nitrogen and oxygen atoms in total. The molecule has 0 aliphatic carbocycles. The number of alkyl halides is 3. The fraction of sp³-hybridized carbons (Fsp3) is 0.857. The second-order valence-electron chi connectivity index (χ2n) is 2.74. The molecule has 0 heterocycles. The third-order valence-corrected chi connectivity index (χ3v) is 1.44. The fourth-order valence-electron chi connectivity index (χ4n) is 0.704. The van der Waals surface area contributed by atoms with Gasteiger partial charge in [0.05, 0.1) is 25.7 Å². The molecule has 0 aromatic heterocycles. The molecule has 0 aliphatic heterocycles. The number of halogens is 3. The number of aliphatic hydroxyl groups excluding tert-OH is 2. The molecule has 14 heavy (non-hydrogen) atoms. The summed E-state index contributed by atoms with van der Waals surface area (Å²) >= 11 is 0. The van der Waals surface area contributed by atoms with Crippen molar-refractivity contribution >= 4 is 5.91 Å². The molecule has 0 rings (SSSR count). The molecule has 0 saturated carbocycles. The van der Waals surface area contributed by atoms with E-state index in [2.05, 4.69) is 5.32 Å². The molecule has 0 fully saturated rings. The van der Waals surface area contributed by atoms with Crippen LogP contribution >= 0.6 is 0 Å². The van der Waals surface area contributed by atoms with Gasteiger partial charge in [0.2, 0.25) is 5.91 Å². The van der Waals surface area contributed by atoms with Gasteiger partial charge in [-0.3, -0.25) is 4.79 Å². The third-order valence-electron chi connectivity index (χ3n) is 1.44. The van der Waals surface area contributed by atoms with Gasteiger partial charge in [-0.1, -0.05) is 0 Å². The maximum absolute atomic E-state index is 11.6. The Balaban J connectivity index is 3.75. The lowest BCUT2D eigenvalue weighted by Crippen LogP contribution is -2.40. The summed E-state index contributed by atoms with van der Waals surface area (Å²) in [7, 11) is 0. The van der Waals surface area contributed by atoms with Crippen LogP contribution in [0.15, 0.2) is 0 Å². The van der Waals surface area contributed by atoms with Gasteiger partial charge in [-0.05, 0) is 0 Å². The average molecular weight is 215 g/mol. The van der Waals surface area contributed by atoms with Gasteiger partial charge in [-0.2, -0.15) is 13.2 Å². The summed E-state index contributed by atoms with van der Waals surface area (Å²) < 4.78 is 34.9. The molecule has 0 aromatic carbocycles. The molecule has 84 valence electrons. The first-order chi connectivity index (χ1) is 6.39. The Morgan fingerprint density at radius 1 is 1.29 bits per heavy atom. The fourth-order valence-corrected chi connectivity index (χ4v) is 0.704. The van der Waals surface area contributed by atoms with Gasteiger partial charge in [0.1, 0.15) is 0 Å². The molecule has 1 amide bonds. The lowest BCUT2D eigenvalue weighted by Gasteiger charge is -2.13. The molecule has 0 spiro atoms. The Bertz CT molecular complexity index is 180. The van der Waals surface area contributed by atoms with E-state index >= 15 is 0 Å². The first kappa shape index (κ1) is 13.2. The van der Waals surface area contributed by atoms with Gasteiger partial charge in [0.25, 0.3) is 0 Å². The van der Waals surface area contributed by atoms with Crippen LogP contribution in [0, 0.1) is 0 Å². The maximum atomic E-state index is 11.6. The Morgan fingerprint density at radius 2 is 1.79 bits per heavy atom. The number of aliphatic hydroxyl groups is 2. The Hall–Kier alpha value is -0.820. The third kappa shape index (κ3) is 6.67. The SMILES string of the molecule is O=C(CCC(F)(F)F)NC(CO)CO. The van der Waals surface area contributed by atoms with Crippen molar-refractivity contribution in [3.8, 4) is 0 Å². The van der Waals surface area contributed by atoms with Crippen LogP contribution in [-0.4, -0.2) is 41.6 Å². The molecule has 0 radical (unpaired) electrons. The summed E-state index contributed by atoms with van der Waals surface area (Å²) in [5.41, 5.74) is 0. The monoisotopic (exact) mass is 215 g/mol. The van der Waals surface area contributed by atoms with E-state index in [1.165, 1.54) is 0 Å². The Morgan fingerprint density at radius 3 is 2.14 bits per heavy atom. The normalized spacial score (nSPS) is 11.9. The number of amides is 1. The zero-order valence-electron chi connectivity index (χ0n) is 7.34. The van der Waals surface area contributed by atoms with Gasteiger partial charge in [0.15, 0.2) is 0 Å². The van der Waals surface area contributed by atoms with Crippen LogP contribution in [0.4, 0.5) is 13.2 Å². The quantitative estimate of drug-likeness (QED) is 0.594. The standard InChI is InChI=1S/C7H12F3NO3/c8-7(9,10)2-1-6(14)11-5(3-12)4-13/h5,12-13H,1-4H2,(H,11,14). The first-order valence-corrected chi connectivity index (χ1v) is 3.97. The summed E-state index contributed by atoms with van der Waals surface area (Å²) in [6.07, 6.45) is -6.27. The van der Waals surface area contributed by atoms with E-state index in [0.29, 0.717) is 0 Å². The van der Waals surface area contributed by atoms with Crippen LogP contribution in [-0.2, 0) is 4.79 Å². The average Bonchev–Trinajstić information content (AvgIpc) is 2.09. The van der Waals surface area contributed by atoms with Crippen molar-refractivity contribution in [1.82, 2.24) is 5.32 Å². The molecule has 0 atom stereocenters. The van der Waals surface area contributed by atoms with Gasteiger partial charge < -0.3 is 15.5 Å². The number of hydrogen-bond donors (Lipinski definition) is 3. The molecule has 7 heteroatoms. The molecule has 0 aliphatic rings. The van der Waals surface area contributed by atoms with E-state index in [0.717, 1.165) is 0 Å². The van der Waals surface area contributed by atoms with E-state index < -0.39 is 44.2 Å². The summed E-state index contributed by atoms with van der Waals surface area (Å²) in [4.78, 5) is 10.8. The summed E-state index contributed by atoms with van der Waals surface area (Å²) in [6, 6.07) is -0.893. The topological polar surface area (TPSA) is 69.6 Å². The molecule has 0 bridgehead atoms. The molecule has 0 saturated heterocycles. The van der Waals surface area contributed by atoms with Gasteiger partial charge in [-0.25, -0.2) is 0 Å². The van der Waals surface area contributed by atoms with E-state index in [1.54, 1.807) is 0 Å². The van der Waals surface area contributed by atoms with E-state index in [4.69, 9.17) is 10.2 Å². The van der Waals surface area contributed by atoms with Crippen LogP contribution in [0.1, 0.15) is 12.8 Å². The van der Waals surface area contributed by atoms with Crippen LogP contribution in [0.5, 0.6) is 0 Å². The van der Waals surface area contributed by atoms with Crippen molar-refractivity contribution in [3.05, 3.63) is 0 Å². The highest BCUT2D eigenvalue weighted by Crippen LogP contribution is 2.20. The number of rotatable bonds is 5. The second-order valence-corrected chi connectivity index (χ2v) is 2.74. The summed E-state index contributed by atoms with van der Waals surface area (Å²) in [6.45, 7) is -1.01. The zero-order valence-corrected chi connectivity index (χ0v) is 7.34. The Kier molecular flexibility index (Phi) is 5.47. The van der Waals surface area contributed by atoms with Crippen molar-refractivity contribution in [2.45, 2.75) is 25.1 Å². The predicted octanol–water partition coefficient (Wildman–Crippen LogP) is -0.202. The van der Waals surface area contributed by atoms with Crippen LogP contribution in [0.3, 0.4) is 0 Å². The molecule has 0 unspecified atom stereocenters. The predicted molar refractivity (Wildman–Crippen MR) is 41.4 cm³/mol. The number of nitrogens with one attached hydrogen (secondary N) is 1. The van der Waals surface area contributed by atoms with Crippen molar-refractivity contribution in [1.29, 1.82) is 0 Å². The van der Waals surface area contributed by atoms with Gasteiger partial charge in [-0.15, -0.1) is 0 Å². The van der Waals surface area contributed by atoms with Crippen molar-refractivity contribution in [2.75, 3.05) is 13.2 Å². The maximum Gasteiger partial charge on any atom is 0.389 e. The van der Waals surface area contributed by atoms with E-state index in [-0.39, 0.29) is 0 Å². The molecular formula is C7H12F3NO3. The highest BCUT2D eigenvalue weighted by atomic mass is 19.4. The minimum absolute atomic E-state index is 0.506. The molecular weight excluding hydrogens is 203 g/mol. The highest BCUT2D eigenvalue weighted by molar-refractivity contribution is 5.76. The minimum Gasteiger partial charge on any atom is -0.394 e. The highest BCUT2D eigenvalue weighted by Gasteiger charge is 2.28. The van der Waals surface area contributed by atoms with Gasteiger partial charge >= 0.3 is 6.18 Å². The second kappa shape index (κ2) is 5.82. The van der Waals surface area contributed by atoms with Crippen LogP contribution in [0.2, 0.25) is 0 Å². The lowest BCUT2D eigenvalue weighted by atomic mass is 10.2. The molecule has 3 N–H and O–H groups in total. The Labute approximate surface area is 78.7 Å². The van der Waals surface area contributed by atoms with Gasteiger partial charge in [0, 0.05) is 6.42 Å². The van der Waals surface area contributed by atoms with Crippen molar-refractivity contribution in [3.63, 3.8) is 0 Å². The first-order valence-electron chi connectivity index (χ1n) is 3.97. The van der Waals surface area contributed by atoms with Crippen LogP contribution in [0.25, 0.3) is 0 Å². The lowest BCUT2D eigenvalue weighted by molar-refractivity contribution is -0.144. The van der Waals surface area contributed by atoms with E-state index in [1.807, 2.05) is 0 Å². The zero-order chi connectivity index (χ0) is 11.2. The molecule has 0 aromatic rings. The van der Waals surface area contributed by atoms with Crippen molar-refractivity contribution < 1.29 is 28.2 Å². The van der Waals surface area contributed by atoms with Crippen LogP contribution < -0.4 is 5.32 Å².